The quantitative estimate of drug-likeness (QED) is 0.445. The molecule has 1 unspecified atom stereocenters. The van der Waals surface area contributed by atoms with Crippen molar-refractivity contribution in [1.29, 1.82) is 0 Å². The molecule has 0 aromatic rings. The van der Waals surface area contributed by atoms with Gasteiger partial charge < -0.3 is 4.74 Å². The average Bonchev–Trinajstić information content (AvgIpc) is 2.89. The molecule has 0 heterocycles. The lowest BCUT2D eigenvalue weighted by Crippen LogP contribution is -2.35. The van der Waals surface area contributed by atoms with Crippen LogP contribution in [-0.2, 0) is 4.74 Å². The lowest BCUT2D eigenvalue weighted by Gasteiger charge is -2.14. The number of hydrazine groups is 1. The summed E-state index contributed by atoms with van der Waals surface area (Å²) in [5, 5.41) is 0. The number of ether oxygens (including phenoxy) is 1. The van der Waals surface area contributed by atoms with Gasteiger partial charge in [-0.2, -0.15) is 0 Å². The molecule has 0 bridgehead atoms. The van der Waals surface area contributed by atoms with Crippen LogP contribution in [0, 0.1) is 5.92 Å². The normalized spacial score (nSPS) is 19.5. The molecule has 12 heavy (non-hydrogen) atoms. The molecule has 0 saturated heterocycles. The monoisotopic (exact) mass is 172 g/mol. The van der Waals surface area contributed by atoms with E-state index in [4.69, 9.17) is 10.6 Å². The van der Waals surface area contributed by atoms with Gasteiger partial charge in [-0.15, -0.1) is 0 Å². The van der Waals surface area contributed by atoms with Crippen LogP contribution < -0.4 is 11.3 Å². The smallest absolute Gasteiger partial charge is 0.0477 e. The van der Waals surface area contributed by atoms with Crippen molar-refractivity contribution in [1.82, 2.24) is 5.43 Å². The van der Waals surface area contributed by atoms with E-state index < -0.39 is 0 Å². The zero-order valence-electron chi connectivity index (χ0n) is 7.88. The van der Waals surface area contributed by atoms with E-state index in [2.05, 4.69) is 5.43 Å². The minimum atomic E-state index is 0.450. The van der Waals surface area contributed by atoms with E-state index in [9.17, 15) is 0 Å². The molecular formula is C9H20N2O. The molecule has 1 fully saturated rings. The highest BCUT2D eigenvalue weighted by atomic mass is 16.5. The van der Waals surface area contributed by atoms with Crippen LogP contribution in [0.3, 0.4) is 0 Å². The Labute approximate surface area is 74.6 Å². The molecule has 72 valence electrons. The van der Waals surface area contributed by atoms with Gasteiger partial charge in [-0.05, 0) is 25.2 Å². The van der Waals surface area contributed by atoms with Gasteiger partial charge in [0.15, 0.2) is 0 Å². The van der Waals surface area contributed by atoms with E-state index in [0.717, 1.165) is 18.9 Å². The van der Waals surface area contributed by atoms with Crippen molar-refractivity contribution in [3.63, 3.8) is 0 Å². The van der Waals surface area contributed by atoms with Gasteiger partial charge in [0, 0.05) is 19.8 Å². The molecule has 3 N–H and O–H groups in total. The van der Waals surface area contributed by atoms with E-state index in [-0.39, 0.29) is 0 Å². The zero-order valence-corrected chi connectivity index (χ0v) is 7.88. The first-order valence-electron chi connectivity index (χ1n) is 4.82. The minimum Gasteiger partial charge on any atom is -0.385 e. The van der Waals surface area contributed by atoms with Gasteiger partial charge in [0.2, 0.25) is 0 Å². The van der Waals surface area contributed by atoms with Crippen molar-refractivity contribution in [2.75, 3.05) is 13.7 Å². The molecule has 1 rings (SSSR count). The fraction of sp³-hybridized carbons (Fsp3) is 1.00. The summed E-state index contributed by atoms with van der Waals surface area (Å²) in [7, 11) is 1.73. The summed E-state index contributed by atoms with van der Waals surface area (Å²) in [5.41, 5.74) is 2.84. The first-order chi connectivity index (χ1) is 5.86. The number of nitrogens with two attached hydrogens (primary N) is 1. The van der Waals surface area contributed by atoms with E-state index in [0.29, 0.717) is 6.04 Å². The third-order valence-corrected chi connectivity index (χ3v) is 2.53. The van der Waals surface area contributed by atoms with Crippen LogP contribution in [0.4, 0.5) is 0 Å². The van der Waals surface area contributed by atoms with Gasteiger partial charge in [0.1, 0.15) is 0 Å². The first kappa shape index (κ1) is 9.96. The van der Waals surface area contributed by atoms with Crippen LogP contribution in [0.15, 0.2) is 0 Å². The molecule has 1 aliphatic carbocycles. The van der Waals surface area contributed by atoms with Crippen LogP contribution in [0.2, 0.25) is 0 Å². The van der Waals surface area contributed by atoms with E-state index in [1.165, 1.54) is 25.7 Å². The maximum Gasteiger partial charge on any atom is 0.0477 e. The fourth-order valence-corrected chi connectivity index (χ4v) is 1.41. The number of methoxy groups -OCH3 is 1. The average molecular weight is 172 g/mol. The summed E-state index contributed by atoms with van der Waals surface area (Å²) in [6.45, 7) is 0.805. The molecule has 1 saturated carbocycles. The summed E-state index contributed by atoms with van der Waals surface area (Å²) in [6, 6.07) is 0.450. The fourth-order valence-electron chi connectivity index (χ4n) is 1.41. The van der Waals surface area contributed by atoms with E-state index in [1.807, 2.05) is 0 Å². The van der Waals surface area contributed by atoms with Crippen molar-refractivity contribution in [3.8, 4) is 0 Å². The molecule has 0 amide bonds. The zero-order chi connectivity index (χ0) is 8.81. The van der Waals surface area contributed by atoms with Crippen LogP contribution >= 0.6 is 0 Å². The summed E-state index contributed by atoms with van der Waals surface area (Å²) in [4.78, 5) is 0. The van der Waals surface area contributed by atoms with Gasteiger partial charge in [-0.25, -0.2) is 0 Å². The van der Waals surface area contributed by atoms with Crippen LogP contribution in [0.5, 0.6) is 0 Å². The van der Waals surface area contributed by atoms with Gasteiger partial charge in [0.05, 0.1) is 0 Å². The summed E-state index contributed by atoms with van der Waals surface area (Å²) in [6.07, 6.45) is 6.42. The number of hydrogen-bond donors (Lipinski definition) is 2. The topological polar surface area (TPSA) is 47.3 Å². The summed E-state index contributed by atoms with van der Waals surface area (Å²) < 4.78 is 5.00. The van der Waals surface area contributed by atoms with Crippen molar-refractivity contribution >= 4 is 0 Å². The summed E-state index contributed by atoms with van der Waals surface area (Å²) in [5.74, 6) is 6.42. The molecule has 0 aromatic heterocycles. The Morgan fingerprint density at radius 1 is 1.50 bits per heavy atom. The number of rotatable bonds is 7. The SMILES string of the molecule is COCCC(CCC1CC1)NN. The van der Waals surface area contributed by atoms with Gasteiger partial charge >= 0.3 is 0 Å². The Morgan fingerprint density at radius 2 is 2.25 bits per heavy atom. The number of nitrogens with one attached hydrogen (secondary N) is 1. The lowest BCUT2D eigenvalue weighted by molar-refractivity contribution is 0.180. The van der Waals surface area contributed by atoms with Gasteiger partial charge in [-0.1, -0.05) is 12.8 Å². The standard InChI is InChI=1S/C9H20N2O/c1-12-7-6-9(11-10)5-4-8-2-3-8/h8-9,11H,2-7,10H2,1H3. The highest BCUT2D eigenvalue weighted by molar-refractivity contribution is 4.75. The molecule has 0 aromatic carbocycles. The highest BCUT2D eigenvalue weighted by Gasteiger charge is 2.21. The second-order valence-corrected chi connectivity index (χ2v) is 3.67. The Kier molecular flexibility index (Phi) is 4.58. The molecular weight excluding hydrogens is 152 g/mol. The molecule has 0 radical (unpaired) electrons. The van der Waals surface area contributed by atoms with E-state index >= 15 is 0 Å². The van der Waals surface area contributed by atoms with Gasteiger partial charge in [0.25, 0.3) is 0 Å². The van der Waals surface area contributed by atoms with E-state index in [1.54, 1.807) is 7.11 Å². The lowest BCUT2D eigenvalue weighted by atomic mass is 10.1. The van der Waals surface area contributed by atoms with Crippen molar-refractivity contribution in [3.05, 3.63) is 0 Å². The predicted molar refractivity (Wildman–Crippen MR) is 49.6 cm³/mol. The molecule has 1 aliphatic rings. The Morgan fingerprint density at radius 3 is 2.75 bits per heavy atom. The van der Waals surface area contributed by atoms with Crippen LogP contribution in [0.1, 0.15) is 32.1 Å². The molecule has 3 nitrogen and oxygen atoms in total. The van der Waals surface area contributed by atoms with Crippen LogP contribution in [0.25, 0.3) is 0 Å². The minimum absolute atomic E-state index is 0.450. The molecule has 0 aliphatic heterocycles. The third kappa shape index (κ3) is 4.04. The largest absolute Gasteiger partial charge is 0.385 e. The molecule has 3 heteroatoms. The first-order valence-corrected chi connectivity index (χ1v) is 4.82. The Balaban J connectivity index is 1.98. The van der Waals surface area contributed by atoms with Crippen molar-refractivity contribution in [2.45, 2.75) is 38.1 Å². The maximum absolute atomic E-state index is 5.41. The predicted octanol–water partition coefficient (Wildman–Crippen LogP) is 1.04. The maximum atomic E-state index is 5.41. The Hall–Kier alpha value is -0.120. The van der Waals surface area contributed by atoms with Crippen molar-refractivity contribution in [2.24, 2.45) is 11.8 Å². The van der Waals surface area contributed by atoms with Crippen molar-refractivity contribution < 1.29 is 4.74 Å². The third-order valence-electron chi connectivity index (χ3n) is 2.53. The molecule has 1 atom stereocenters. The summed E-state index contributed by atoms with van der Waals surface area (Å²) >= 11 is 0. The second-order valence-electron chi connectivity index (χ2n) is 3.67. The van der Waals surface area contributed by atoms with Crippen LogP contribution in [-0.4, -0.2) is 19.8 Å². The van der Waals surface area contributed by atoms with Gasteiger partial charge in [-0.3, -0.25) is 11.3 Å². The Bertz CT molecular complexity index is 115. The molecule has 0 spiro atoms. The number of hydrogen-bond acceptors (Lipinski definition) is 3. The second kappa shape index (κ2) is 5.51. The highest BCUT2D eigenvalue weighted by Crippen LogP contribution is 2.33.